The monoisotopic (exact) mass is 323 g/mol. The highest BCUT2D eigenvalue weighted by atomic mass is 16.5. The molecule has 1 fully saturated rings. The molecule has 24 heavy (non-hydrogen) atoms. The lowest BCUT2D eigenvalue weighted by Crippen LogP contribution is -2.40. The van der Waals surface area contributed by atoms with Crippen molar-refractivity contribution in [2.24, 2.45) is 0 Å². The summed E-state index contributed by atoms with van der Waals surface area (Å²) < 4.78 is 11.7. The number of nitrogen functional groups attached to an aromatic ring is 1. The van der Waals surface area contributed by atoms with Crippen LogP contribution < -0.4 is 10.5 Å². The van der Waals surface area contributed by atoms with Gasteiger partial charge in [0.2, 0.25) is 0 Å². The van der Waals surface area contributed by atoms with E-state index in [0.717, 1.165) is 36.6 Å². The highest BCUT2D eigenvalue weighted by Crippen LogP contribution is 2.27. The Morgan fingerprint density at radius 2 is 2.08 bits per heavy atom. The number of hydrogen-bond donors (Lipinski definition) is 1. The maximum absolute atomic E-state index is 5.88. The summed E-state index contributed by atoms with van der Waals surface area (Å²) in [7, 11) is 0. The Labute approximate surface area is 141 Å². The summed E-state index contributed by atoms with van der Waals surface area (Å²) in [5, 5.41) is 0. The Bertz CT molecular complexity index is 760. The zero-order chi connectivity index (χ0) is 16.4. The minimum absolute atomic E-state index is 0.0281. The van der Waals surface area contributed by atoms with Crippen LogP contribution in [0.5, 0.6) is 5.75 Å². The van der Waals surface area contributed by atoms with Crippen LogP contribution in [0.1, 0.15) is 17.4 Å². The van der Waals surface area contributed by atoms with Crippen molar-refractivity contribution in [2.75, 3.05) is 38.6 Å². The summed E-state index contributed by atoms with van der Waals surface area (Å²) >= 11 is 0. The van der Waals surface area contributed by atoms with E-state index in [-0.39, 0.29) is 6.10 Å². The lowest BCUT2D eigenvalue weighted by atomic mass is 10.1. The van der Waals surface area contributed by atoms with Gasteiger partial charge in [-0.1, -0.05) is 24.3 Å². The van der Waals surface area contributed by atoms with Gasteiger partial charge in [0.05, 0.1) is 12.3 Å². The molecule has 124 valence electrons. The van der Waals surface area contributed by atoms with Gasteiger partial charge < -0.3 is 15.2 Å². The van der Waals surface area contributed by atoms with Crippen LogP contribution in [-0.4, -0.2) is 42.7 Å². The number of ether oxygens (including phenoxy) is 2. The molecule has 0 amide bonds. The summed E-state index contributed by atoms with van der Waals surface area (Å²) in [5.74, 6) is 1.50. The summed E-state index contributed by atoms with van der Waals surface area (Å²) in [6.45, 7) is 3.96. The van der Waals surface area contributed by atoms with Crippen LogP contribution in [0.2, 0.25) is 0 Å². The molecule has 2 aromatic rings. The molecule has 0 radical (unpaired) electrons. The number of rotatable bonds is 3. The zero-order valence-electron chi connectivity index (χ0n) is 13.5. The number of para-hydroxylation sites is 1. The van der Waals surface area contributed by atoms with E-state index in [9.17, 15) is 0 Å². The van der Waals surface area contributed by atoms with Gasteiger partial charge in [-0.25, -0.2) is 4.98 Å². The van der Waals surface area contributed by atoms with Crippen molar-refractivity contribution in [3.8, 4) is 5.75 Å². The van der Waals surface area contributed by atoms with Crippen molar-refractivity contribution in [2.45, 2.75) is 6.10 Å². The first-order chi connectivity index (χ1) is 11.8. The Morgan fingerprint density at radius 3 is 3.00 bits per heavy atom. The van der Waals surface area contributed by atoms with E-state index in [0.29, 0.717) is 19.0 Å². The van der Waals surface area contributed by atoms with Gasteiger partial charge >= 0.3 is 0 Å². The van der Waals surface area contributed by atoms with Crippen LogP contribution in [0.3, 0.4) is 0 Å². The topological polar surface area (TPSA) is 60.6 Å². The molecule has 0 bridgehead atoms. The smallest absolute Gasteiger partial charge is 0.127 e. The molecule has 2 N–H and O–H groups in total. The van der Waals surface area contributed by atoms with Crippen LogP contribution in [0.4, 0.5) is 5.82 Å². The van der Waals surface area contributed by atoms with E-state index in [4.69, 9.17) is 15.2 Å². The van der Waals surface area contributed by atoms with E-state index >= 15 is 0 Å². The van der Waals surface area contributed by atoms with E-state index in [1.165, 1.54) is 5.57 Å². The van der Waals surface area contributed by atoms with Gasteiger partial charge in [-0.05, 0) is 29.8 Å². The predicted molar refractivity (Wildman–Crippen MR) is 93.7 cm³/mol. The third-order valence-corrected chi connectivity index (χ3v) is 4.39. The first-order valence-corrected chi connectivity index (χ1v) is 8.25. The fraction of sp³-hybridized carbons (Fsp3) is 0.316. The minimum Gasteiger partial charge on any atom is -0.489 e. The lowest BCUT2D eigenvalue weighted by Gasteiger charge is -2.33. The fourth-order valence-electron chi connectivity index (χ4n) is 3.22. The van der Waals surface area contributed by atoms with E-state index in [1.54, 1.807) is 6.07 Å². The highest BCUT2D eigenvalue weighted by molar-refractivity contribution is 5.62. The molecule has 1 aromatic carbocycles. The van der Waals surface area contributed by atoms with E-state index < -0.39 is 0 Å². The molecule has 5 nitrogen and oxygen atoms in total. The number of nitrogens with two attached hydrogens (primary N) is 1. The average Bonchev–Trinajstić information content (AvgIpc) is 2.62. The third-order valence-electron chi connectivity index (χ3n) is 4.39. The molecule has 1 saturated heterocycles. The molecular weight excluding hydrogens is 302 g/mol. The van der Waals surface area contributed by atoms with Crippen molar-refractivity contribution < 1.29 is 9.47 Å². The van der Waals surface area contributed by atoms with Gasteiger partial charge in [0.1, 0.15) is 24.3 Å². The second-order valence-corrected chi connectivity index (χ2v) is 6.21. The molecule has 0 saturated carbocycles. The van der Waals surface area contributed by atoms with Crippen LogP contribution in [-0.2, 0) is 4.74 Å². The average molecular weight is 323 g/mol. The number of benzene rings is 1. The molecule has 4 rings (SSSR count). The second-order valence-electron chi connectivity index (χ2n) is 6.21. The van der Waals surface area contributed by atoms with Crippen molar-refractivity contribution in [3.63, 3.8) is 0 Å². The number of hydrogen-bond acceptors (Lipinski definition) is 5. The number of aromatic nitrogens is 1. The van der Waals surface area contributed by atoms with Crippen LogP contribution in [0.25, 0.3) is 6.08 Å². The first-order valence-electron chi connectivity index (χ1n) is 8.25. The molecule has 5 heteroatoms. The number of morpholine rings is 1. The van der Waals surface area contributed by atoms with Crippen LogP contribution in [0, 0.1) is 0 Å². The maximum Gasteiger partial charge on any atom is 0.127 e. The number of pyridine rings is 1. The van der Waals surface area contributed by atoms with Crippen molar-refractivity contribution in [1.29, 1.82) is 0 Å². The van der Waals surface area contributed by atoms with Gasteiger partial charge in [0.15, 0.2) is 0 Å². The van der Waals surface area contributed by atoms with Crippen molar-refractivity contribution in [1.82, 2.24) is 9.88 Å². The Kier molecular flexibility index (Phi) is 4.19. The molecule has 0 spiro atoms. The van der Waals surface area contributed by atoms with Crippen molar-refractivity contribution in [3.05, 3.63) is 59.3 Å². The zero-order valence-corrected chi connectivity index (χ0v) is 13.5. The van der Waals surface area contributed by atoms with Crippen LogP contribution >= 0.6 is 0 Å². The molecule has 1 aromatic heterocycles. The Hall–Kier alpha value is -2.37. The van der Waals surface area contributed by atoms with Crippen LogP contribution in [0.15, 0.2) is 48.0 Å². The van der Waals surface area contributed by atoms with E-state index in [1.807, 2.05) is 30.3 Å². The summed E-state index contributed by atoms with van der Waals surface area (Å²) in [5.41, 5.74) is 9.13. The normalized spacial score (nSPS) is 20.8. The highest BCUT2D eigenvalue weighted by Gasteiger charge is 2.24. The lowest BCUT2D eigenvalue weighted by molar-refractivity contribution is -0.0293. The van der Waals surface area contributed by atoms with Gasteiger partial charge in [0, 0.05) is 25.2 Å². The minimum atomic E-state index is -0.0281. The molecule has 3 heterocycles. The molecule has 0 aliphatic carbocycles. The maximum atomic E-state index is 5.88. The van der Waals surface area contributed by atoms with Gasteiger partial charge in [-0.3, -0.25) is 4.90 Å². The quantitative estimate of drug-likeness (QED) is 0.940. The number of nitrogens with zero attached hydrogens (tertiary/aromatic N) is 2. The Morgan fingerprint density at radius 1 is 1.17 bits per heavy atom. The standard InChI is InChI=1S/C19H21N3O2/c20-19-7-3-5-16(21-19)18-12-22(8-9-23-18)11-14-10-15-4-1-2-6-17(15)24-13-14/h1-7,10,18H,8-9,11-13H2,(H2,20,21). The van der Waals surface area contributed by atoms with Gasteiger partial charge in [0.25, 0.3) is 0 Å². The predicted octanol–water partition coefficient (Wildman–Crippen LogP) is 2.51. The Balaban J connectivity index is 1.45. The van der Waals surface area contributed by atoms with Gasteiger partial charge in [-0.15, -0.1) is 0 Å². The van der Waals surface area contributed by atoms with E-state index in [2.05, 4.69) is 22.0 Å². The molecule has 1 unspecified atom stereocenters. The second kappa shape index (κ2) is 6.63. The van der Waals surface area contributed by atoms with Crippen molar-refractivity contribution >= 4 is 11.9 Å². The number of fused-ring (bicyclic) bond motifs is 1. The van der Waals surface area contributed by atoms with Gasteiger partial charge in [-0.2, -0.15) is 0 Å². The third kappa shape index (κ3) is 3.27. The molecule has 1 atom stereocenters. The molecule has 2 aliphatic heterocycles. The molecular formula is C19H21N3O2. The summed E-state index contributed by atoms with van der Waals surface area (Å²) in [6, 6.07) is 13.8. The largest absolute Gasteiger partial charge is 0.489 e. The summed E-state index contributed by atoms with van der Waals surface area (Å²) in [6.07, 6.45) is 2.21. The SMILES string of the molecule is Nc1cccc(C2CN(CC3=Cc4ccccc4OC3)CCO2)n1. The first kappa shape index (κ1) is 15.2. The number of anilines is 1. The fourth-order valence-corrected chi connectivity index (χ4v) is 3.22. The molecule has 2 aliphatic rings. The summed E-state index contributed by atoms with van der Waals surface area (Å²) in [4.78, 5) is 6.79.